The monoisotopic (exact) mass is 416 g/mol. The van der Waals surface area contributed by atoms with Crippen molar-refractivity contribution < 1.29 is 9.84 Å². The molecule has 164 valence electrons. The molecule has 0 unspecified atom stereocenters. The summed E-state index contributed by atoms with van der Waals surface area (Å²) in [4.78, 5) is 0. The van der Waals surface area contributed by atoms with E-state index in [-0.39, 0.29) is 6.61 Å². The molecule has 2 heteroatoms. The van der Waals surface area contributed by atoms with Gasteiger partial charge in [0.1, 0.15) is 12.4 Å². The summed E-state index contributed by atoms with van der Waals surface area (Å²) in [5, 5.41) is 9.12. The van der Waals surface area contributed by atoms with Crippen LogP contribution in [-0.2, 0) is 32.3 Å². The van der Waals surface area contributed by atoms with Crippen LogP contribution in [0.2, 0.25) is 0 Å². The van der Waals surface area contributed by atoms with E-state index in [1.54, 1.807) is 0 Å². The minimum Gasteiger partial charge on any atom is -0.489 e. The molecule has 0 aromatic heterocycles. The Morgan fingerprint density at radius 3 is 1.94 bits per heavy atom. The highest BCUT2D eigenvalue weighted by Crippen LogP contribution is 2.32. The topological polar surface area (TPSA) is 29.5 Å². The van der Waals surface area contributed by atoms with Gasteiger partial charge in [-0.25, -0.2) is 0 Å². The SMILES string of the molecule is CCCc1ccc(COc2ccc(-c3ccc(CCCO)cc3CC)c(CC)c2)cc1. The van der Waals surface area contributed by atoms with Gasteiger partial charge in [-0.1, -0.05) is 75.7 Å². The maximum Gasteiger partial charge on any atom is 0.120 e. The minimum absolute atomic E-state index is 0.244. The van der Waals surface area contributed by atoms with Crippen molar-refractivity contribution in [3.63, 3.8) is 0 Å². The summed E-state index contributed by atoms with van der Waals surface area (Å²) in [6, 6.07) is 22.0. The summed E-state index contributed by atoms with van der Waals surface area (Å²) in [7, 11) is 0. The summed E-state index contributed by atoms with van der Waals surface area (Å²) in [6.07, 6.45) is 6.01. The van der Waals surface area contributed by atoms with E-state index in [1.807, 2.05) is 0 Å². The second-order valence-electron chi connectivity index (χ2n) is 8.20. The second-order valence-corrected chi connectivity index (χ2v) is 8.20. The van der Waals surface area contributed by atoms with Crippen molar-refractivity contribution in [2.24, 2.45) is 0 Å². The third-order valence-corrected chi connectivity index (χ3v) is 5.89. The molecule has 0 heterocycles. The molecule has 0 aliphatic heterocycles. The molecule has 3 rings (SSSR count). The Hall–Kier alpha value is -2.58. The lowest BCUT2D eigenvalue weighted by Crippen LogP contribution is -1.99. The summed E-state index contributed by atoms with van der Waals surface area (Å²) in [5.74, 6) is 0.927. The fraction of sp³-hybridized carbons (Fsp3) is 0.379. The van der Waals surface area contributed by atoms with Crippen LogP contribution in [0.1, 0.15) is 61.4 Å². The van der Waals surface area contributed by atoms with Gasteiger partial charge in [-0.3, -0.25) is 0 Å². The Bertz CT molecular complexity index is 957. The molecule has 0 aliphatic carbocycles. The second kappa shape index (κ2) is 11.7. The van der Waals surface area contributed by atoms with Crippen LogP contribution >= 0.6 is 0 Å². The average Bonchev–Trinajstić information content (AvgIpc) is 2.82. The molecule has 3 aromatic rings. The predicted molar refractivity (Wildman–Crippen MR) is 131 cm³/mol. The molecular formula is C29H36O2. The van der Waals surface area contributed by atoms with Crippen LogP contribution < -0.4 is 4.74 Å². The van der Waals surface area contributed by atoms with E-state index in [4.69, 9.17) is 9.84 Å². The van der Waals surface area contributed by atoms with Gasteiger partial charge in [0.05, 0.1) is 0 Å². The zero-order chi connectivity index (χ0) is 22.1. The normalized spacial score (nSPS) is 11.0. The summed E-state index contributed by atoms with van der Waals surface area (Å²) < 4.78 is 6.12. The van der Waals surface area contributed by atoms with E-state index in [2.05, 4.69) is 81.4 Å². The van der Waals surface area contributed by atoms with Gasteiger partial charge in [0.15, 0.2) is 0 Å². The highest BCUT2D eigenvalue weighted by molar-refractivity contribution is 5.72. The number of rotatable bonds is 11. The first kappa shape index (κ1) is 23.1. The molecular weight excluding hydrogens is 380 g/mol. The van der Waals surface area contributed by atoms with Gasteiger partial charge in [-0.15, -0.1) is 0 Å². The van der Waals surface area contributed by atoms with Crippen LogP contribution in [0, 0.1) is 0 Å². The lowest BCUT2D eigenvalue weighted by Gasteiger charge is -2.16. The van der Waals surface area contributed by atoms with E-state index < -0.39 is 0 Å². The first-order valence-electron chi connectivity index (χ1n) is 11.7. The maximum absolute atomic E-state index is 9.12. The Labute approximate surface area is 187 Å². The summed E-state index contributed by atoms with van der Waals surface area (Å²) in [6.45, 7) is 7.46. The highest BCUT2D eigenvalue weighted by Gasteiger charge is 2.11. The zero-order valence-electron chi connectivity index (χ0n) is 19.3. The van der Waals surface area contributed by atoms with Gasteiger partial charge in [0.2, 0.25) is 0 Å². The first-order valence-corrected chi connectivity index (χ1v) is 11.7. The van der Waals surface area contributed by atoms with Crippen molar-refractivity contribution >= 4 is 0 Å². The molecule has 0 radical (unpaired) electrons. The lowest BCUT2D eigenvalue weighted by atomic mass is 9.91. The molecule has 0 amide bonds. The minimum atomic E-state index is 0.244. The molecule has 0 fully saturated rings. The van der Waals surface area contributed by atoms with Crippen LogP contribution in [-0.4, -0.2) is 11.7 Å². The van der Waals surface area contributed by atoms with E-state index in [9.17, 15) is 0 Å². The largest absolute Gasteiger partial charge is 0.489 e. The quantitative estimate of drug-likeness (QED) is 0.367. The number of hydrogen-bond donors (Lipinski definition) is 1. The van der Waals surface area contributed by atoms with Gasteiger partial charge in [0, 0.05) is 6.61 Å². The smallest absolute Gasteiger partial charge is 0.120 e. The third-order valence-electron chi connectivity index (χ3n) is 5.89. The summed E-state index contributed by atoms with van der Waals surface area (Å²) >= 11 is 0. The van der Waals surface area contributed by atoms with Crippen molar-refractivity contribution in [3.05, 3.63) is 88.5 Å². The molecule has 0 bridgehead atoms. The Morgan fingerprint density at radius 1 is 0.677 bits per heavy atom. The van der Waals surface area contributed by atoms with E-state index in [0.717, 1.165) is 37.9 Å². The maximum atomic E-state index is 9.12. The summed E-state index contributed by atoms with van der Waals surface area (Å²) in [5.41, 5.74) is 9.18. The van der Waals surface area contributed by atoms with E-state index in [1.165, 1.54) is 45.4 Å². The fourth-order valence-electron chi connectivity index (χ4n) is 4.11. The molecule has 0 saturated heterocycles. The third kappa shape index (κ3) is 6.21. The molecule has 0 spiro atoms. The van der Waals surface area contributed by atoms with Crippen molar-refractivity contribution in [3.8, 4) is 16.9 Å². The van der Waals surface area contributed by atoms with Gasteiger partial charge in [0.25, 0.3) is 0 Å². The number of aliphatic hydroxyl groups is 1. The van der Waals surface area contributed by atoms with Gasteiger partial charge < -0.3 is 9.84 Å². The predicted octanol–water partition coefficient (Wildman–Crippen LogP) is 6.93. The number of hydrogen-bond acceptors (Lipinski definition) is 2. The van der Waals surface area contributed by atoms with E-state index in [0.29, 0.717) is 6.61 Å². The molecule has 3 aromatic carbocycles. The molecule has 0 aliphatic rings. The van der Waals surface area contributed by atoms with Crippen LogP contribution in [0.25, 0.3) is 11.1 Å². The fourth-order valence-corrected chi connectivity index (χ4v) is 4.11. The van der Waals surface area contributed by atoms with Crippen LogP contribution in [0.3, 0.4) is 0 Å². The van der Waals surface area contributed by atoms with Crippen LogP contribution in [0.15, 0.2) is 60.7 Å². The van der Waals surface area contributed by atoms with Crippen LogP contribution in [0.5, 0.6) is 5.75 Å². The Morgan fingerprint density at radius 2 is 1.29 bits per heavy atom. The highest BCUT2D eigenvalue weighted by atomic mass is 16.5. The number of aliphatic hydroxyl groups excluding tert-OH is 1. The Kier molecular flexibility index (Phi) is 8.73. The number of ether oxygens (including phenoxy) is 1. The van der Waals surface area contributed by atoms with Crippen molar-refractivity contribution in [1.82, 2.24) is 0 Å². The van der Waals surface area contributed by atoms with Crippen molar-refractivity contribution in [1.29, 1.82) is 0 Å². The van der Waals surface area contributed by atoms with Crippen molar-refractivity contribution in [2.45, 2.75) is 65.9 Å². The average molecular weight is 417 g/mol. The first-order chi connectivity index (χ1) is 15.2. The zero-order valence-corrected chi connectivity index (χ0v) is 19.3. The van der Waals surface area contributed by atoms with Gasteiger partial charge >= 0.3 is 0 Å². The lowest BCUT2D eigenvalue weighted by molar-refractivity contribution is 0.288. The molecule has 2 nitrogen and oxygen atoms in total. The Balaban J connectivity index is 1.76. The van der Waals surface area contributed by atoms with Crippen LogP contribution in [0.4, 0.5) is 0 Å². The number of aryl methyl sites for hydroxylation is 4. The van der Waals surface area contributed by atoms with Gasteiger partial charge in [-0.05, 0) is 83.2 Å². The van der Waals surface area contributed by atoms with Gasteiger partial charge in [-0.2, -0.15) is 0 Å². The number of benzene rings is 3. The van der Waals surface area contributed by atoms with Crippen molar-refractivity contribution in [2.75, 3.05) is 6.61 Å². The molecule has 31 heavy (non-hydrogen) atoms. The molecule has 0 saturated carbocycles. The van der Waals surface area contributed by atoms with E-state index >= 15 is 0 Å². The molecule has 0 atom stereocenters. The molecule has 1 N–H and O–H groups in total. The standard InChI is InChI=1S/C29H36O2/c1-4-8-22-10-12-24(13-11-22)21-31-27-15-17-29(26(6-3)20-27)28-16-14-23(9-7-18-30)19-25(28)5-2/h10-17,19-20,30H,4-9,18,21H2,1-3H3.